The number of rotatable bonds is 7. The summed E-state index contributed by atoms with van der Waals surface area (Å²) in [4.78, 5) is 0.197. The van der Waals surface area contributed by atoms with Crippen molar-refractivity contribution in [2.45, 2.75) is 24.7 Å². The van der Waals surface area contributed by atoms with Gasteiger partial charge in [-0.1, -0.05) is 17.9 Å². The number of hydrogen-bond acceptors (Lipinski definition) is 4. The summed E-state index contributed by atoms with van der Waals surface area (Å²) in [6, 6.07) is 5.09. The SMILES string of the molecule is CSCCCNS(=O)(=O)c1ccc(C)cc1C#CCCO. The Morgan fingerprint density at radius 3 is 2.81 bits per heavy atom. The van der Waals surface area contributed by atoms with E-state index in [1.54, 1.807) is 30.0 Å². The Morgan fingerprint density at radius 1 is 1.38 bits per heavy atom. The van der Waals surface area contributed by atoms with Crippen LogP contribution in [-0.2, 0) is 10.0 Å². The standard InChI is InChI=1S/C15H21NO3S2/c1-13-7-8-15(14(12-13)6-3-4-10-17)21(18,19)16-9-5-11-20-2/h7-8,12,16-17H,4-5,9-11H2,1-2H3. The van der Waals surface area contributed by atoms with Gasteiger partial charge < -0.3 is 5.11 Å². The Labute approximate surface area is 131 Å². The maximum absolute atomic E-state index is 12.3. The minimum atomic E-state index is -3.55. The Hall–Kier alpha value is -1.00. The van der Waals surface area contributed by atoms with Gasteiger partial charge in [0.25, 0.3) is 0 Å². The van der Waals surface area contributed by atoms with Gasteiger partial charge in [-0.2, -0.15) is 11.8 Å². The first-order chi connectivity index (χ1) is 10.0. The fourth-order valence-electron chi connectivity index (χ4n) is 1.69. The maximum atomic E-state index is 12.3. The molecule has 1 rings (SSSR count). The fraction of sp³-hybridized carbons (Fsp3) is 0.467. The van der Waals surface area contributed by atoms with Gasteiger partial charge in [0.2, 0.25) is 10.0 Å². The molecule has 0 amide bonds. The molecule has 0 saturated carbocycles. The van der Waals surface area contributed by atoms with Crippen LogP contribution in [0.2, 0.25) is 0 Å². The lowest BCUT2D eigenvalue weighted by Crippen LogP contribution is -2.26. The van der Waals surface area contributed by atoms with Gasteiger partial charge in [0.05, 0.1) is 11.5 Å². The molecule has 0 aliphatic heterocycles. The third-order valence-electron chi connectivity index (χ3n) is 2.70. The summed E-state index contributed by atoms with van der Waals surface area (Å²) in [6.45, 7) is 2.27. The minimum Gasteiger partial charge on any atom is -0.395 e. The third-order valence-corrected chi connectivity index (χ3v) is 4.92. The van der Waals surface area contributed by atoms with Crippen LogP contribution < -0.4 is 4.72 Å². The molecule has 0 radical (unpaired) electrons. The molecule has 116 valence electrons. The zero-order valence-electron chi connectivity index (χ0n) is 12.3. The molecule has 0 fully saturated rings. The van der Waals surface area contributed by atoms with E-state index in [1.165, 1.54) is 0 Å². The van der Waals surface area contributed by atoms with Crippen molar-refractivity contribution in [1.82, 2.24) is 4.72 Å². The molecule has 0 saturated heterocycles. The highest BCUT2D eigenvalue weighted by atomic mass is 32.2. The van der Waals surface area contributed by atoms with Crippen molar-refractivity contribution in [3.63, 3.8) is 0 Å². The van der Waals surface area contributed by atoms with Gasteiger partial charge in [-0.05, 0) is 43.0 Å². The van der Waals surface area contributed by atoms with Gasteiger partial charge in [0, 0.05) is 18.5 Å². The summed E-state index contributed by atoms with van der Waals surface area (Å²) in [5.74, 6) is 6.52. The van der Waals surface area contributed by atoms with E-state index in [0.717, 1.165) is 17.7 Å². The van der Waals surface area contributed by atoms with E-state index in [-0.39, 0.29) is 11.5 Å². The molecule has 0 bridgehead atoms. The average Bonchev–Trinajstić information content (AvgIpc) is 2.44. The summed E-state index contributed by atoms with van der Waals surface area (Å²) >= 11 is 1.69. The molecule has 1 aromatic carbocycles. The van der Waals surface area contributed by atoms with Crippen molar-refractivity contribution in [2.24, 2.45) is 0 Å². The summed E-state index contributed by atoms with van der Waals surface area (Å²) in [6.07, 6.45) is 3.11. The van der Waals surface area contributed by atoms with E-state index in [1.807, 2.05) is 13.2 Å². The minimum absolute atomic E-state index is 0.0339. The van der Waals surface area contributed by atoms with Crippen molar-refractivity contribution >= 4 is 21.8 Å². The molecular formula is C15H21NO3S2. The van der Waals surface area contributed by atoms with Crippen LogP contribution in [0, 0.1) is 18.8 Å². The fourth-order valence-corrected chi connectivity index (χ4v) is 3.34. The smallest absolute Gasteiger partial charge is 0.241 e. The molecule has 0 aromatic heterocycles. The van der Waals surface area contributed by atoms with E-state index in [2.05, 4.69) is 16.6 Å². The first kappa shape index (κ1) is 18.1. The molecule has 0 aliphatic rings. The Kier molecular flexibility index (Phi) is 7.83. The number of benzene rings is 1. The summed E-state index contributed by atoms with van der Waals surface area (Å²) in [5.41, 5.74) is 1.42. The molecule has 0 atom stereocenters. The molecule has 0 spiro atoms. The largest absolute Gasteiger partial charge is 0.395 e. The Morgan fingerprint density at radius 2 is 2.14 bits per heavy atom. The van der Waals surface area contributed by atoms with Gasteiger partial charge >= 0.3 is 0 Å². The van der Waals surface area contributed by atoms with Crippen LogP contribution in [0.5, 0.6) is 0 Å². The monoisotopic (exact) mass is 327 g/mol. The highest BCUT2D eigenvalue weighted by molar-refractivity contribution is 7.98. The molecule has 4 nitrogen and oxygen atoms in total. The number of aliphatic hydroxyl groups is 1. The zero-order valence-corrected chi connectivity index (χ0v) is 14.0. The van der Waals surface area contributed by atoms with Gasteiger partial charge in [-0.3, -0.25) is 0 Å². The first-order valence-electron chi connectivity index (χ1n) is 6.70. The van der Waals surface area contributed by atoms with Gasteiger partial charge in [-0.25, -0.2) is 13.1 Å². The van der Waals surface area contributed by atoms with Gasteiger partial charge in [0.1, 0.15) is 0 Å². The average molecular weight is 327 g/mol. The first-order valence-corrected chi connectivity index (χ1v) is 9.58. The van der Waals surface area contributed by atoms with Gasteiger partial charge in [0.15, 0.2) is 0 Å². The van der Waals surface area contributed by atoms with Crippen LogP contribution >= 0.6 is 11.8 Å². The van der Waals surface area contributed by atoms with E-state index in [9.17, 15) is 8.42 Å². The van der Waals surface area contributed by atoms with Crippen LogP contribution in [0.3, 0.4) is 0 Å². The Bertz CT molecular complexity index is 616. The highest BCUT2D eigenvalue weighted by Crippen LogP contribution is 2.16. The zero-order chi connectivity index (χ0) is 15.7. The molecule has 0 aliphatic carbocycles. The lowest BCUT2D eigenvalue weighted by molar-refractivity contribution is 0.305. The third kappa shape index (κ3) is 6.10. The van der Waals surface area contributed by atoms with Gasteiger partial charge in [-0.15, -0.1) is 0 Å². The van der Waals surface area contributed by atoms with E-state index < -0.39 is 10.0 Å². The lowest BCUT2D eigenvalue weighted by atomic mass is 10.1. The van der Waals surface area contributed by atoms with Crippen LogP contribution in [0.4, 0.5) is 0 Å². The normalized spacial score (nSPS) is 11.0. The number of aryl methyl sites for hydroxylation is 1. The molecule has 0 unspecified atom stereocenters. The van der Waals surface area contributed by atoms with Crippen LogP contribution in [0.25, 0.3) is 0 Å². The number of aliphatic hydroxyl groups excluding tert-OH is 1. The topological polar surface area (TPSA) is 66.4 Å². The number of hydrogen-bond donors (Lipinski definition) is 2. The van der Waals surface area contributed by atoms with Crippen molar-refractivity contribution in [1.29, 1.82) is 0 Å². The molecule has 21 heavy (non-hydrogen) atoms. The van der Waals surface area contributed by atoms with Crippen LogP contribution in [0.15, 0.2) is 23.1 Å². The highest BCUT2D eigenvalue weighted by Gasteiger charge is 2.17. The molecule has 2 N–H and O–H groups in total. The second-order valence-electron chi connectivity index (χ2n) is 4.52. The number of thioether (sulfide) groups is 1. The number of sulfonamides is 1. The lowest BCUT2D eigenvalue weighted by Gasteiger charge is -2.09. The van der Waals surface area contributed by atoms with Crippen molar-refractivity contribution < 1.29 is 13.5 Å². The predicted molar refractivity (Wildman–Crippen MR) is 87.9 cm³/mol. The van der Waals surface area contributed by atoms with Crippen LogP contribution in [0.1, 0.15) is 24.0 Å². The van der Waals surface area contributed by atoms with E-state index in [0.29, 0.717) is 18.5 Å². The molecular weight excluding hydrogens is 306 g/mol. The summed E-state index contributed by atoms with van der Waals surface area (Å²) < 4.78 is 27.3. The van der Waals surface area contributed by atoms with E-state index in [4.69, 9.17) is 5.11 Å². The Balaban J connectivity index is 2.97. The van der Waals surface area contributed by atoms with E-state index >= 15 is 0 Å². The maximum Gasteiger partial charge on any atom is 0.241 e. The second kappa shape index (κ2) is 9.11. The number of nitrogens with one attached hydrogen (secondary N) is 1. The van der Waals surface area contributed by atoms with Crippen molar-refractivity contribution in [3.05, 3.63) is 29.3 Å². The quantitative estimate of drug-likeness (QED) is 0.591. The molecule has 0 heterocycles. The van der Waals surface area contributed by atoms with Crippen molar-refractivity contribution in [2.75, 3.05) is 25.2 Å². The molecule has 1 aromatic rings. The second-order valence-corrected chi connectivity index (χ2v) is 7.24. The van der Waals surface area contributed by atoms with Crippen molar-refractivity contribution in [3.8, 4) is 11.8 Å². The summed E-state index contributed by atoms with van der Waals surface area (Å²) in [5, 5.41) is 8.76. The predicted octanol–water partition coefficient (Wildman–Crippen LogP) is 1.76. The van der Waals surface area contributed by atoms with Crippen LogP contribution in [-0.4, -0.2) is 38.7 Å². The summed E-state index contributed by atoms with van der Waals surface area (Å²) in [7, 11) is -3.55. The molecule has 6 heteroatoms.